The maximum atomic E-state index is 5.89. The first kappa shape index (κ1) is 20.2. The molecule has 1 heterocycles. The van der Waals surface area contributed by atoms with Crippen molar-refractivity contribution >= 4 is 0 Å². The Balaban J connectivity index is 1.48. The minimum absolute atomic E-state index is 0.594. The molecule has 0 atom stereocenters. The molecule has 0 saturated heterocycles. The van der Waals surface area contributed by atoms with Crippen LogP contribution in [-0.4, -0.2) is 11.1 Å². The fourth-order valence-electron chi connectivity index (χ4n) is 3.33. The van der Waals surface area contributed by atoms with E-state index in [0.717, 1.165) is 24.5 Å². The molecule has 1 N–H and O–H groups in total. The van der Waals surface area contributed by atoms with Gasteiger partial charge in [0.2, 0.25) is 0 Å². The summed E-state index contributed by atoms with van der Waals surface area (Å²) in [6.07, 6.45) is 8.72. The molecular weight excluding hydrogens is 344 g/mol. The first-order chi connectivity index (χ1) is 13.9. The Labute approximate surface area is 169 Å². The fraction of sp³-hybridized carbons (Fsp3) is 0.360. The maximum Gasteiger partial charge on any atom is 0.119 e. The van der Waals surface area contributed by atoms with Crippen molar-refractivity contribution in [3.63, 3.8) is 0 Å². The van der Waals surface area contributed by atoms with Crippen LogP contribution in [0.3, 0.4) is 0 Å². The molecule has 3 nitrogen and oxygen atoms in total. The van der Waals surface area contributed by atoms with Gasteiger partial charge in [-0.3, -0.25) is 0 Å². The van der Waals surface area contributed by atoms with Gasteiger partial charge in [-0.25, -0.2) is 0 Å². The summed E-state index contributed by atoms with van der Waals surface area (Å²) in [5.74, 6) is 0.895. The van der Waals surface area contributed by atoms with Crippen LogP contribution in [-0.2, 0) is 13.2 Å². The van der Waals surface area contributed by atoms with E-state index >= 15 is 0 Å². The van der Waals surface area contributed by atoms with E-state index in [1.807, 2.05) is 30.3 Å². The third-order valence-corrected chi connectivity index (χ3v) is 4.96. The molecule has 0 fully saturated rings. The second kappa shape index (κ2) is 11.4. The molecule has 0 spiro atoms. The van der Waals surface area contributed by atoms with E-state index in [9.17, 15) is 0 Å². The van der Waals surface area contributed by atoms with Gasteiger partial charge in [-0.05, 0) is 54.9 Å². The van der Waals surface area contributed by atoms with Gasteiger partial charge >= 0.3 is 0 Å². The van der Waals surface area contributed by atoms with Gasteiger partial charge in [0.25, 0.3) is 0 Å². The minimum atomic E-state index is 0.594. The maximum absolute atomic E-state index is 5.89. The Morgan fingerprint density at radius 3 is 2.39 bits per heavy atom. The van der Waals surface area contributed by atoms with Crippen molar-refractivity contribution in [1.29, 1.82) is 0 Å². The summed E-state index contributed by atoms with van der Waals surface area (Å²) in [6.45, 7) is 4.83. The third kappa shape index (κ3) is 6.28. The quantitative estimate of drug-likeness (QED) is 0.386. The molecule has 0 aliphatic heterocycles. The predicted octanol–water partition coefficient (Wildman–Crippen LogP) is 6.12. The van der Waals surface area contributed by atoms with Crippen LogP contribution in [0.2, 0.25) is 0 Å². The van der Waals surface area contributed by atoms with Crippen LogP contribution in [0.5, 0.6) is 5.75 Å². The largest absolute Gasteiger partial charge is 0.489 e. The highest BCUT2D eigenvalue weighted by Gasteiger charge is 2.04. The van der Waals surface area contributed by atoms with Crippen molar-refractivity contribution in [3.05, 3.63) is 84.2 Å². The van der Waals surface area contributed by atoms with Crippen LogP contribution in [0.4, 0.5) is 0 Å². The molecule has 148 valence electrons. The molecule has 0 radical (unpaired) electrons. The number of hydrogen-bond acceptors (Lipinski definition) is 2. The Kier molecular flexibility index (Phi) is 8.20. The summed E-state index contributed by atoms with van der Waals surface area (Å²) in [5, 5.41) is 3.58. The summed E-state index contributed by atoms with van der Waals surface area (Å²) in [6, 6.07) is 22.9. The van der Waals surface area contributed by atoms with E-state index in [1.54, 1.807) is 0 Å². The van der Waals surface area contributed by atoms with Crippen LogP contribution < -0.4 is 10.1 Å². The number of nitrogens with one attached hydrogen (secondary N) is 1. The molecule has 1 aromatic heterocycles. The number of benzene rings is 2. The van der Waals surface area contributed by atoms with Crippen molar-refractivity contribution < 1.29 is 4.74 Å². The lowest BCUT2D eigenvalue weighted by Gasteiger charge is -2.12. The molecule has 3 rings (SSSR count). The van der Waals surface area contributed by atoms with E-state index in [1.165, 1.54) is 43.4 Å². The molecule has 0 bridgehead atoms. The number of nitrogens with zero attached hydrogens (tertiary/aromatic N) is 1. The zero-order valence-corrected chi connectivity index (χ0v) is 16.9. The van der Waals surface area contributed by atoms with E-state index in [0.29, 0.717) is 6.61 Å². The highest BCUT2D eigenvalue weighted by atomic mass is 16.5. The molecule has 3 heteroatoms. The SMILES string of the molecule is CCCCCCCNCc1cccn1-c1ccc(OCc2ccccc2)cc1. The van der Waals surface area contributed by atoms with Gasteiger partial charge < -0.3 is 14.6 Å². The second-order valence-electron chi connectivity index (χ2n) is 7.23. The zero-order valence-electron chi connectivity index (χ0n) is 16.9. The highest BCUT2D eigenvalue weighted by Crippen LogP contribution is 2.19. The molecule has 0 aliphatic carbocycles. The Hall–Kier alpha value is -2.52. The third-order valence-electron chi connectivity index (χ3n) is 4.96. The molecule has 3 aromatic rings. The lowest BCUT2D eigenvalue weighted by Crippen LogP contribution is -2.16. The van der Waals surface area contributed by atoms with Crippen LogP contribution in [0.1, 0.15) is 50.3 Å². The lowest BCUT2D eigenvalue weighted by molar-refractivity contribution is 0.306. The van der Waals surface area contributed by atoms with Gasteiger partial charge in [0.05, 0.1) is 0 Å². The number of hydrogen-bond donors (Lipinski definition) is 1. The summed E-state index contributed by atoms with van der Waals surface area (Å²) in [7, 11) is 0. The van der Waals surface area contributed by atoms with Gasteiger partial charge in [-0.15, -0.1) is 0 Å². The Bertz CT molecular complexity index is 793. The fourth-order valence-corrected chi connectivity index (χ4v) is 3.33. The Morgan fingerprint density at radius 2 is 1.61 bits per heavy atom. The first-order valence-corrected chi connectivity index (χ1v) is 10.5. The monoisotopic (exact) mass is 376 g/mol. The summed E-state index contributed by atoms with van der Waals surface area (Å²) >= 11 is 0. The van der Waals surface area contributed by atoms with Crippen LogP contribution in [0.25, 0.3) is 5.69 Å². The lowest BCUT2D eigenvalue weighted by atomic mass is 10.1. The van der Waals surface area contributed by atoms with Gasteiger partial charge in [0, 0.05) is 24.1 Å². The highest BCUT2D eigenvalue weighted by molar-refractivity contribution is 5.39. The molecule has 0 aliphatic rings. The van der Waals surface area contributed by atoms with Crippen molar-refractivity contribution in [1.82, 2.24) is 9.88 Å². The molecule has 0 amide bonds. The number of ether oxygens (including phenoxy) is 1. The van der Waals surface area contributed by atoms with E-state index in [-0.39, 0.29) is 0 Å². The molecule has 0 unspecified atom stereocenters. The van der Waals surface area contributed by atoms with Crippen LogP contribution in [0.15, 0.2) is 72.9 Å². The van der Waals surface area contributed by atoms with Crippen molar-refractivity contribution in [2.45, 2.75) is 52.2 Å². The average Bonchev–Trinajstić information content (AvgIpc) is 3.21. The van der Waals surface area contributed by atoms with Gasteiger partial charge in [0.1, 0.15) is 12.4 Å². The number of unbranched alkanes of at least 4 members (excludes halogenated alkanes) is 4. The van der Waals surface area contributed by atoms with E-state index in [2.05, 4.69) is 59.4 Å². The van der Waals surface area contributed by atoms with Crippen LogP contribution in [0, 0.1) is 0 Å². The number of aromatic nitrogens is 1. The Morgan fingerprint density at radius 1 is 0.821 bits per heavy atom. The zero-order chi connectivity index (χ0) is 19.4. The minimum Gasteiger partial charge on any atom is -0.489 e. The van der Waals surface area contributed by atoms with Crippen molar-refractivity contribution in [2.24, 2.45) is 0 Å². The number of rotatable bonds is 12. The summed E-state index contributed by atoms with van der Waals surface area (Å²) in [4.78, 5) is 0. The second-order valence-corrected chi connectivity index (χ2v) is 7.23. The van der Waals surface area contributed by atoms with Crippen molar-refractivity contribution in [3.8, 4) is 11.4 Å². The smallest absolute Gasteiger partial charge is 0.119 e. The molecule has 28 heavy (non-hydrogen) atoms. The average molecular weight is 377 g/mol. The van der Waals surface area contributed by atoms with E-state index < -0.39 is 0 Å². The van der Waals surface area contributed by atoms with Gasteiger partial charge in [-0.1, -0.05) is 62.9 Å². The standard InChI is InChI=1S/C25H32N2O/c1-2-3-4-5-9-18-26-20-24-13-10-19-27(24)23-14-16-25(17-15-23)28-21-22-11-7-6-8-12-22/h6-8,10-17,19,26H,2-5,9,18,20-21H2,1H3. The van der Waals surface area contributed by atoms with E-state index in [4.69, 9.17) is 4.74 Å². The predicted molar refractivity (Wildman–Crippen MR) is 117 cm³/mol. The molecule has 2 aromatic carbocycles. The molecular formula is C25H32N2O. The van der Waals surface area contributed by atoms with Crippen molar-refractivity contribution in [2.75, 3.05) is 6.54 Å². The first-order valence-electron chi connectivity index (χ1n) is 10.5. The van der Waals surface area contributed by atoms with Gasteiger partial charge in [-0.2, -0.15) is 0 Å². The normalized spacial score (nSPS) is 10.9. The van der Waals surface area contributed by atoms with Gasteiger partial charge in [0.15, 0.2) is 0 Å². The van der Waals surface area contributed by atoms with Crippen LogP contribution >= 0.6 is 0 Å². The topological polar surface area (TPSA) is 26.2 Å². The molecule has 0 saturated carbocycles. The summed E-state index contributed by atoms with van der Waals surface area (Å²) in [5.41, 5.74) is 3.63. The summed E-state index contributed by atoms with van der Waals surface area (Å²) < 4.78 is 8.13.